The molecule has 1 amide bonds. The number of carbonyl (C=O) groups is 1. The molecule has 0 bridgehead atoms. The Kier molecular flexibility index (Phi) is 4.67. The molecular weight excluding hydrogens is 322 g/mol. The number of nitro benzene ring substituents is 1. The first-order chi connectivity index (χ1) is 12.0. The third-order valence-electron chi connectivity index (χ3n) is 4.58. The molecule has 0 aromatic heterocycles. The highest BCUT2D eigenvalue weighted by Gasteiger charge is 2.28. The minimum atomic E-state index is -0.683. The average Bonchev–Trinajstić information content (AvgIpc) is 3.03. The molecule has 7 nitrogen and oxygen atoms in total. The van der Waals surface area contributed by atoms with Crippen molar-refractivity contribution in [2.24, 2.45) is 5.73 Å². The van der Waals surface area contributed by atoms with Gasteiger partial charge < -0.3 is 10.8 Å². The topological polar surface area (TPSA) is 110 Å². The van der Waals surface area contributed by atoms with Crippen LogP contribution in [0.15, 0.2) is 42.5 Å². The van der Waals surface area contributed by atoms with E-state index in [2.05, 4.69) is 4.90 Å². The van der Waals surface area contributed by atoms with Crippen LogP contribution in [0.3, 0.4) is 0 Å². The second-order valence-electron chi connectivity index (χ2n) is 6.18. The number of hydrogen-bond donors (Lipinski definition) is 2. The van der Waals surface area contributed by atoms with Crippen LogP contribution in [-0.4, -0.2) is 27.4 Å². The van der Waals surface area contributed by atoms with Crippen LogP contribution < -0.4 is 5.73 Å². The quantitative estimate of drug-likeness (QED) is 0.642. The predicted octanol–water partition coefficient (Wildman–Crippen LogP) is 2.74. The van der Waals surface area contributed by atoms with Gasteiger partial charge in [-0.2, -0.15) is 0 Å². The Hall–Kier alpha value is -2.93. The number of aromatic hydroxyl groups is 1. The lowest BCUT2D eigenvalue weighted by Gasteiger charge is -2.25. The molecule has 3 N–H and O–H groups in total. The molecule has 1 heterocycles. The van der Waals surface area contributed by atoms with Crippen molar-refractivity contribution in [2.45, 2.75) is 25.4 Å². The number of amides is 1. The molecule has 25 heavy (non-hydrogen) atoms. The number of nitro groups is 1. The number of phenolic OH excluding ortho intramolecular Hbond substituents is 1. The van der Waals surface area contributed by atoms with Crippen LogP contribution in [0.25, 0.3) is 0 Å². The molecule has 1 fully saturated rings. The van der Waals surface area contributed by atoms with E-state index in [4.69, 9.17) is 5.73 Å². The van der Waals surface area contributed by atoms with E-state index in [1.54, 1.807) is 18.2 Å². The molecular formula is C18H19N3O4. The molecule has 0 saturated carbocycles. The molecule has 0 radical (unpaired) electrons. The fraction of sp³-hybridized carbons (Fsp3) is 0.278. The summed E-state index contributed by atoms with van der Waals surface area (Å²) in [4.78, 5) is 24.3. The normalized spacial score (nSPS) is 17.5. The Labute approximate surface area is 144 Å². The summed E-state index contributed by atoms with van der Waals surface area (Å²) in [7, 11) is 0. The molecule has 1 aliphatic heterocycles. The third kappa shape index (κ3) is 3.61. The van der Waals surface area contributed by atoms with Crippen LogP contribution in [0.1, 0.15) is 40.4 Å². The van der Waals surface area contributed by atoms with Crippen LogP contribution in [0.2, 0.25) is 0 Å². The molecule has 2 aromatic carbocycles. The van der Waals surface area contributed by atoms with Gasteiger partial charge in [0, 0.05) is 29.8 Å². The number of carbonyl (C=O) groups excluding carboxylic acids is 1. The first-order valence-corrected chi connectivity index (χ1v) is 8.06. The molecule has 1 saturated heterocycles. The van der Waals surface area contributed by atoms with Gasteiger partial charge in [0.05, 0.1) is 4.92 Å². The average molecular weight is 341 g/mol. The van der Waals surface area contributed by atoms with Crippen LogP contribution in [0.4, 0.5) is 5.69 Å². The van der Waals surface area contributed by atoms with Crippen molar-refractivity contribution < 1.29 is 14.8 Å². The predicted molar refractivity (Wildman–Crippen MR) is 92.1 cm³/mol. The number of nitrogens with two attached hydrogens (primary N) is 1. The van der Waals surface area contributed by atoms with E-state index >= 15 is 0 Å². The van der Waals surface area contributed by atoms with Crippen molar-refractivity contribution in [2.75, 3.05) is 6.54 Å². The molecule has 1 aliphatic rings. The van der Waals surface area contributed by atoms with Crippen molar-refractivity contribution in [3.8, 4) is 5.75 Å². The lowest BCUT2D eigenvalue weighted by molar-refractivity contribution is -0.385. The highest BCUT2D eigenvalue weighted by atomic mass is 16.6. The Morgan fingerprint density at radius 3 is 2.64 bits per heavy atom. The van der Waals surface area contributed by atoms with E-state index in [9.17, 15) is 20.0 Å². The van der Waals surface area contributed by atoms with Gasteiger partial charge in [0.1, 0.15) is 5.75 Å². The number of nitrogens with zero attached hydrogens (tertiary/aromatic N) is 2. The first-order valence-electron chi connectivity index (χ1n) is 8.06. The maximum atomic E-state index is 11.4. The van der Waals surface area contributed by atoms with E-state index in [0.29, 0.717) is 12.1 Å². The zero-order valence-corrected chi connectivity index (χ0v) is 13.6. The second-order valence-corrected chi connectivity index (χ2v) is 6.18. The lowest BCUT2D eigenvalue weighted by Crippen LogP contribution is -2.23. The van der Waals surface area contributed by atoms with Gasteiger partial charge in [-0.25, -0.2) is 0 Å². The first kappa shape index (κ1) is 16.9. The van der Waals surface area contributed by atoms with Gasteiger partial charge >= 0.3 is 0 Å². The zero-order valence-electron chi connectivity index (χ0n) is 13.6. The van der Waals surface area contributed by atoms with Gasteiger partial charge in [0.15, 0.2) is 0 Å². The summed E-state index contributed by atoms with van der Waals surface area (Å²) >= 11 is 0. The van der Waals surface area contributed by atoms with Crippen molar-refractivity contribution in [3.05, 3.63) is 69.3 Å². The fourth-order valence-corrected chi connectivity index (χ4v) is 3.33. The SMILES string of the molecule is NC(=O)c1ccc(CN2CCCC2c2ccc(O)cc2)c([N+](=O)[O-])c1. The van der Waals surface area contributed by atoms with Gasteiger partial charge in [0.2, 0.25) is 5.91 Å². The molecule has 1 atom stereocenters. The van der Waals surface area contributed by atoms with E-state index in [1.807, 2.05) is 12.1 Å². The van der Waals surface area contributed by atoms with Crippen molar-refractivity contribution in [1.29, 1.82) is 0 Å². The van der Waals surface area contributed by atoms with Gasteiger partial charge in [0.25, 0.3) is 5.69 Å². The van der Waals surface area contributed by atoms with Crippen molar-refractivity contribution in [1.82, 2.24) is 4.90 Å². The van der Waals surface area contributed by atoms with Gasteiger partial charge in [-0.15, -0.1) is 0 Å². The van der Waals surface area contributed by atoms with Crippen LogP contribution in [0.5, 0.6) is 5.75 Å². The van der Waals surface area contributed by atoms with Crippen molar-refractivity contribution in [3.63, 3.8) is 0 Å². The number of benzene rings is 2. The maximum absolute atomic E-state index is 11.4. The summed E-state index contributed by atoms with van der Waals surface area (Å²) < 4.78 is 0. The van der Waals surface area contributed by atoms with Crippen LogP contribution >= 0.6 is 0 Å². The highest BCUT2D eigenvalue weighted by molar-refractivity contribution is 5.93. The summed E-state index contributed by atoms with van der Waals surface area (Å²) in [6.45, 7) is 1.25. The van der Waals surface area contributed by atoms with Crippen molar-refractivity contribution >= 4 is 11.6 Å². The zero-order chi connectivity index (χ0) is 18.0. The fourth-order valence-electron chi connectivity index (χ4n) is 3.33. The number of hydrogen-bond acceptors (Lipinski definition) is 5. The molecule has 7 heteroatoms. The summed E-state index contributed by atoms with van der Waals surface area (Å²) in [5.41, 5.74) is 6.89. The minimum absolute atomic E-state index is 0.0901. The summed E-state index contributed by atoms with van der Waals surface area (Å²) in [5.74, 6) is -0.469. The Bertz CT molecular complexity index is 804. The molecule has 2 aromatic rings. The molecule has 0 aliphatic carbocycles. The van der Waals surface area contributed by atoms with Gasteiger partial charge in [-0.3, -0.25) is 19.8 Å². The van der Waals surface area contributed by atoms with Crippen LogP contribution in [0, 0.1) is 10.1 Å². The highest BCUT2D eigenvalue weighted by Crippen LogP contribution is 2.35. The number of primary amides is 1. The number of phenols is 1. The molecule has 1 unspecified atom stereocenters. The number of likely N-dealkylation sites (tertiary alicyclic amines) is 1. The van der Waals surface area contributed by atoms with E-state index in [0.717, 1.165) is 24.9 Å². The summed E-state index contributed by atoms with van der Waals surface area (Å²) in [5, 5.41) is 20.8. The summed E-state index contributed by atoms with van der Waals surface area (Å²) in [6.07, 6.45) is 1.96. The number of rotatable bonds is 5. The standard InChI is InChI=1S/C18H19N3O4/c19-18(23)13-3-4-14(17(10-13)21(24)25)11-20-9-1-2-16(20)12-5-7-15(22)8-6-12/h3-8,10,16,22H,1-2,9,11H2,(H2,19,23). The minimum Gasteiger partial charge on any atom is -0.508 e. The van der Waals surface area contributed by atoms with E-state index in [1.165, 1.54) is 12.1 Å². The Morgan fingerprint density at radius 1 is 1.28 bits per heavy atom. The Balaban J connectivity index is 1.86. The monoisotopic (exact) mass is 341 g/mol. The smallest absolute Gasteiger partial charge is 0.274 e. The largest absolute Gasteiger partial charge is 0.508 e. The Morgan fingerprint density at radius 2 is 2.00 bits per heavy atom. The van der Waals surface area contributed by atoms with E-state index in [-0.39, 0.29) is 23.0 Å². The van der Waals surface area contributed by atoms with E-state index < -0.39 is 10.8 Å². The molecule has 0 spiro atoms. The summed E-state index contributed by atoms with van der Waals surface area (Å²) in [6, 6.07) is 11.6. The van der Waals surface area contributed by atoms with Crippen LogP contribution in [-0.2, 0) is 6.54 Å². The maximum Gasteiger partial charge on any atom is 0.274 e. The second kappa shape index (κ2) is 6.90. The van der Waals surface area contributed by atoms with Gasteiger partial charge in [-0.05, 0) is 43.1 Å². The third-order valence-corrected chi connectivity index (χ3v) is 4.58. The molecule has 3 rings (SSSR count). The lowest BCUT2D eigenvalue weighted by atomic mass is 10.0. The molecule has 130 valence electrons. The van der Waals surface area contributed by atoms with Gasteiger partial charge in [-0.1, -0.05) is 18.2 Å².